The quantitative estimate of drug-likeness (QED) is 0.159. The second-order valence-electron chi connectivity index (χ2n) is 15.2. The van der Waals surface area contributed by atoms with E-state index >= 15 is 0 Å². The summed E-state index contributed by atoms with van der Waals surface area (Å²) in [4.78, 5) is 3.85. The van der Waals surface area contributed by atoms with E-state index in [1.807, 2.05) is 11.3 Å². The fourth-order valence-corrected chi connectivity index (χ4v) is 10.6. The summed E-state index contributed by atoms with van der Waals surface area (Å²) in [6, 6.07) is 67.3. The summed E-state index contributed by atoms with van der Waals surface area (Å²) in [5.41, 5.74) is 10.9. The molecule has 11 aromatic rings. The van der Waals surface area contributed by atoms with Gasteiger partial charge in [-0.05, 0) is 146 Å². The van der Waals surface area contributed by atoms with E-state index in [9.17, 15) is 0 Å². The molecule has 12 rings (SSSR count). The van der Waals surface area contributed by atoms with Crippen molar-refractivity contribution >= 4 is 98.7 Å². The molecule has 0 radical (unpaired) electrons. The Morgan fingerprint density at radius 1 is 0.421 bits per heavy atom. The molecule has 0 spiro atoms. The molecule has 0 fully saturated rings. The minimum Gasteiger partial charge on any atom is -0.310 e. The van der Waals surface area contributed by atoms with Crippen LogP contribution < -0.4 is 4.90 Å². The van der Waals surface area contributed by atoms with Crippen LogP contribution in [0.4, 0.5) is 17.1 Å². The van der Waals surface area contributed by atoms with Crippen LogP contribution in [0.1, 0.15) is 16.9 Å². The largest absolute Gasteiger partial charge is 0.310 e. The van der Waals surface area contributed by atoms with Gasteiger partial charge in [0.1, 0.15) is 0 Å². The monoisotopic (exact) mass is 744 g/mol. The molecule has 268 valence electrons. The van der Waals surface area contributed by atoms with Crippen molar-refractivity contribution in [3.63, 3.8) is 0 Å². The van der Waals surface area contributed by atoms with Crippen molar-refractivity contribution in [2.45, 2.75) is 12.8 Å². The third kappa shape index (κ3) is 5.09. The SMILES string of the molecule is C1=Cc2sc3ccc(N(c4ccc(-c5ccc6c(c5)c5ccccc5n6-c5ccccc5)cc4)c4ccc5c6ccccc6c6ccccc6c5c4)cc3c2CC1. The molecule has 0 amide bonds. The number of para-hydroxylation sites is 2. The Bertz CT molecular complexity index is 3370. The summed E-state index contributed by atoms with van der Waals surface area (Å²) < 4.78 is 3.73. The van der Waals surface area contributed by atoms with Gasteiger partial charge in [-0.1, -0.05) is 115 Å². The Hall–Kier alpha value is -6.94. The van der Waals surface area contributed by atoms with Gasteiger partial charge in [-0.25, -0.2) is 0 Å². The molecule has 0 N–H and O–H groups in total. The van der Waals surface area contributed by atoms with Gasteiger partial charge in [0.15, 0.2) is 0 Å². The van der Waals surface area contributed by atoms with Gasteiger partial charge in [-0.3, -0.25) is 0 Å². The molecule has 0 saturated heterocycles. The molecule has 0 unspecified atom stereocenters. The third-order valence-electron chi connectivity index (χ3n) is 12.0. The van der Waals surface area contributed by atoms with Crippen LogP contribution >= 0.6 is 11.3 Å². The first-order valence-corrected chi connectivity index (χ1v) is 20.6. The molecule has 1 aliphatic rings. The minimum absolute atomic E-state index is 1.09. The number of benzene rings is 9. The molecule has 2 nitrogen and oxygen atoms in total. The van der Waals surface area contributed by atoms with Crippen LogP contribution in [0.5, 0.6) is 0 Å². The van der Waals surface area contributed by atoms with Crippen LogP contribution in [0.15, 0.2) is 188 Å². The van der Waals surface area contributed by atoms with Gasteiger partial charge in [0, 0.05) is 43.1 Å². The van der Waals surface area contributed by atoms with Crippen molar-refractivity contribution in [1.82, 2.24) is 4.57 Å². The van der Waals surface area contributed by atoms with Gasteiger partial charge in [-0.15, -0.1) is 11.3 Å². The number of rotatable bonds is 5. The van der Waals surface area contributed by atoms with E-state index in [-0.39, 0.29) is 0 Å². The van der Waals surface area contributed by atoms with E-state index in [0.29, 0.717) is 0 Å². The summed E-state index contributed by atoms with van der Waals surface area (Å²) in [6.45, 7) is 0. The fraction of sp³-hybridized carbons (Fsp3) is 0.0370. The highest BCUT2D eigenvalue weighted by Gasteiger charge is 2.20. The van der Waals surface area contributed by atoms with Crippen LogP contribution in [0.25, 0.3) is 87.1 Å². The Labute approximate surface area is 334 Å². The molecule has 2 aromatic heterocycles. The second-order valence-corrected chi connectivity index (χ2v) is 16.3. The lowest BCUT2D eigenvalue weighted by molar-refractivity contribution is 1.01. The molecule has 0 atom stereocenters. The molecule has 2 heterocycles. The van der Waals surface area contributed by atoms with E-state index in [1.54, 1.807) is 0 Å². The molecule has 57 heavy (non-hydrogen) atoms. The number of nitrogens with zero attached hydrogens (tertiary/aromatic N) is 2. The van der Waals surface area contributed by atoms with E-state index in [4.69, 9.17) is 0 Å². The van der Waals surface area contributed by atoms with Gasteiger partial charge in [-0.2, -0.15) is 0 Å². The van der Waals surface area contributed by atoms with Crippen LogP contribution in [0, 0.1) is 0 Å². The number of thiophene rings is 1. The third-order valence-corrected chi connectivity index (χ3v) is 13.2. The summed E-state index contributed by atoms with van der Waals surface area (Å²) in [5, 5.41) is 11.6. The van der Waals surface area contributed by atoms with Crippen molar-refractivity contribution in [2.24, 2.45) is 0 Å². The van der Waals surface area contributed by atoms with E-state index in [1.165, 1.54) is 97.2 Å². The number of hydrogen-bond acceptors (Lipinski definition) is 2. The van der Waals surface area contributed by atoms with Gasteiger partial charge in [0.25, 0.3) is 0 Å². The summed E-state index contributed by atoms with van der Waals surface area (Å²) >= 11 is 1.91. The average molecular weight is 745 g/mol. The summed E-state index contributed by atoms with van der Waals surface area (Å²) in [5.74, 6) is 0. The molecule has 1 aliphatic carbocycles. The number of aryl methyl sites for hydroxylation is 1. The lowest BCUT2D eigenvalue weighted by Gasteiger charge is -2.27. The molecule has 3 heteroatoms. The summed E-state index contributed by atoms with van der Waals surface area (Å²) in [6.07, 6.45) is 6.82. The molecule has 0 bridgehead atoms. The van der Waals surface area contributed by atoms with Gasteiger partial charge in [0.05, 0.1) is 11.0 Å². The standard InChI is InChI=1S/C54H36N2S/c1-2-12-37(13-3-1)56-51-20-10-8-18-46(51)49-32-36(24-30-52(49)56)35-22-25-38(26-23-35)55(40-28-31-54-50(34-40)47-19-9-11-21-53(47)57-54)39-27-29-45-43-16-5-4-14-41(43)42-15-6-7-17-44(42)48(45)33-39/h1-8,10-18,20-34H,9,19H2. The Balaban J connectivity index is 1.02. The van der Waals surface area contributed by atoms with Crippen LogP contribution in [0.3, 0.4) is 0 Å². The zero-order chi connectivity index (χ0) is 37.5. The molecular formula is C54H36N2S. The number of allylic oxidation sites excluding steroid dienone is 1. The second kappa shape index (κ2) is 12.8. The predicted octanol–water partition coefficient (Wildman–Crippen LogP) is 15.6. The average Bonchev–Trinajstić information content (AvgIpc) is 3.82. The predicted molar refractivity (Wildman–Crippen MR) is 246 cm³/mol. The lowest BCUT2D eigenvalue weighted by atomic mass is 9.94. The molecular weight excluding hydrogens is 709 g/mol. The van der Waals surface area contributed by atoms with Crippen molar-refractivity contribution < 1.29 is 0 Å². The van der Waals surface area contributed by atoms with Gasteiger partial charge < -0.3 is 9.47 Å². The van der Waals surface area contributed by atoms with Crippen molar-refractivity contribution in [1.29, 1.82) is 0 Å². The normalized spacial score (nSPS) is 12.7. The highest BCUT2D eigenvalue weighted by atomic mass is 32.1. The Morgan fingerprint density at radius 2 is 1.00 bits per heavy atom. The van der Waals surface area contributed by atoms with Gasteiger partial charge in [0.2, 0.25) is 0 Å². The summed E-state index contributed by atoms with van der Waals surface area (Å²) in [7, 11) is 0. The maximum Gasteiger partial charge on any atom is 0.0541 e. The molecule has 0 saturated carbocycles. The lowest BCUT2D eigenvalue weighted by Crippen LogP contribution is -2.10. The number of fused-ring (bicyclic) bond motifs is 12. The first-order valence-electron chi connectivity index (χ1n) is 19.8. The number of aromatic nitrogens is 1. The topological polar surface area (TPSA) is 8.17 Å². The zero-order valence-corrected chi connectivity index (χ0v) is 32.0. The first-order chi connectivity index (χ1) is 28.3. The smallest absolute Gasteiger partial charge is 0.0541 e. The van der Waals surface area contributed by atoms with Crippen molar-refractivity contribution in [2.75, 3.05) is 4.90 Å². The first kappa shape index (κ1) is 32.3. The Kier molecular flexibility index (Phi) is 7.26. The van der Waals surface area contributed by atoms with Crippen LogP contribution in [-0.2, 0) is 6.42 Å². The van der Waals surface area contributed by atoms with Crippen molar-refractivity contribution in [3.05, 3.63) is 199 Å². The highest BCUT2D eigenvalue weighted by Crippen LogP contribution is 2.44. The van der Waals surface area contributed by atoms with Crippen LogP contribution in [0.2, 0.25) is 0 Å². The Morgan fingerprint density at radius 3 is 1.75 bits per heavy atom. The van der Waals surface area contributed by atoms with Gasteiger partial charge >= 0.3 is 0 Å². The van der Waals surface area contributed by atoms with E-state index in [2.05, 4.69) is 204 Å². The van der Waals surface area contributed by atoms with E-state index < -0.39 is 0 Å². The number of hydrogen-bond donors (Lipinski definition) is 0. The fourth-order valence-electron chi connectivity index (χ4n) is 9.40. The highest BCUT2D eigenvalue weighted by molar-refractivity contribution is 7.20. The van der Waals surface area contributed by atoms with Crippen molar-refractivity contribution in [3.8, 4) is 16.8 Å². The number of anilines is 3. The molecule has 9 aromatic carbocycles. The van der Waals surface area contributed by atoms with Crippen LogP contribution in [-0.4, -0.2) is 4.57 Å². The van der Waals surface area contributed by atoms with E-state index in [0.717, 1.165) is 24.2 Å². The molecule has 0 aliphatic heterocycles. The minimum atomic E-state index is 1.09. The maximum absolute atomic E-state index is 2.45. The maximum atomic E-state index is 2.45. The zero-order valence-electron chi connectivity index (χ0n) is 31.2.